The van der Waals surface area contributed by atoms with Gasteiger partial charge in [0.2, 0.25) is 10.0 Å². The van der Waals surface area contributed by atoms with Gasteiger partial charge in [0, 0.05) is 37.0 Å². The van der Waals surface area contributed by atoms with Crippen LogP contribution in [0.15, 0.2) is 0 Å². The minimum absolute atomic E-state index is 0.0107. The predicted molar refractivity (Wildman–Crippen MR) is 91.5 cm³/mol. The van der Waals surface area contributed by atoms with E-state index >= 15 is 0 Å². The number of nitrogens with zero attached hydrogens (tertiary/aromatic N) is 3. The zero-order chi connectivity index (χ0) is 17.7. The molecule has 1 N–H and O–H groups in total. The van der Waals surface area contributed by atoms with Crippen molar-refractivity contribution >= 4 is 27.3 Å². The van der Waals surface area contributed by atoms with Crippen LogP contribution in [0, 0.1) is 25.2 Å². The highest BCUT2D eigenvalue weighted by Crippen LogP contribution is 2.44. The van der Waals surface area contributed by atoms with Crippen LogP contribution in [0.3, 0.4) is 0 Å². The van der Waals surface area contributed by atoms with Crippen molar-refractivity contribution in [3.8, 4) is 0 Å². The number of aliphatic carboxylic acids is 1. The number of fused-ring (bicyclic) bond motifs is 1. The molecule has 2 atom stereocenters. The van der Waals surface area contributed by atoms with Gasteiger partial charge < -0.3 is 5.11 Å². The molecule has 2 saturated heterocycles. The maximum Gasteiger partial charge on any atom is 0.312 e. The maximum absolute atomic E-state index is 12.1. The third-order valence-electron chi connectivity index (χ3n) is 5.26. The van der Waals surface area contributed by atoms with E-state index in [-0.39, 0.29) is 18.2 Å². The molecule has 0 bridgehead atoms. The minimum atomic E-state index is -3.35. The molecule has 9 heteroatoms. The summed E-state index contributed by atoms with van der Waals surface area (Å²) in [6, 6.07) is 0. The summed E-state index contributed by atoms with van der Waals surface area (Å²) < 4.78 is 25.6. The van der Waals surface area contributed by atoms with Crippen LogP contribution >= 0.6 is 11.3 Å². The number of carbonyl (C=O) groups is 1. The molecule has 134 valence electrons. The van der Waals surface area contributed by atoms with Gasteiger partial charge in [0.15, 0.2) is 0 Å². The number of carboxylic acids is 1. The molecule has 2 aliphatic heterocycles. The van der Waals surface area contributed by atoms with Crippen molar-refractivity contribution < 1.29 is 18.3 Å². The van der Waals surface area contributed by atoms with E-state index in [1.54, 1.807) is 18.3 Å². The molecule has 0 aliphatic carbocycles. The smallest absolute Gasteiger partial charge is 0.312 e. The van der Waals surface area contributed by atoms with Crippen LogP contribution in [0.1, 0.15) is 22.5 Å². The summed E-state index contributed by atoms with van der Waals surface area (Å²) in [4.78, 5) is 19.8. The van der Waals surface area contributed by atoms with E-state index in [0.29, 0.717) is 26.2 Å². The predicted octanol–water partition coefficient (Wildman–Crippen LogP) is 0.928. The Morgan fingerprint density at radius 2 is 2.08 bits per heavy atom. The fraction of sp³-hybridized carbons (Fsp3) is 0.733. The van der Waals surface area contributed by atoms with Gasteiger partial charge in [0.25, 0.3) is 0 Å². The second-order valence-corrected chi connectivity index (χ2v) is 10.3. The Balaban J connectivity index is 1.77. The summed E-state index contributed by atoms with van der Waals surface area (Å²) in [7, 11) is -3.35. The molecule has 0 amide bonds. The summed E-state index contributed by atoms with van der Waals surface area (Å²) in [5.74, 6) is -1.05. The standard InChI is InChI=1S/C15H23N3O4S2/c1-4-24(21,22)18-6-12-5-17(8-15(12,9-18)14(19)20)7-13-16-10(2)11(3)23-13/h12H,4-9H2,1-3H3,(H,19,20)/t12-,15-/m0/s1. The maximum atomic E-state index is 12.1. The molecule has 1 aromatic rings. The third-order valence-corrected chi connectivity index (χ3v) is 8.12. The van der Waals surface area contributed by atoms with Gasteiger partial charge in [-0.15, -0.1) is 11.3 Å². The van der Waals surface area contributed by atoms with Gasteiger partial charge in [-0.2, -0.15) is 0 Å². The highest BCUT2D eigenvalue weighted by molar-refractivity contribution is 7.89. The van der Waals surface area contributed by atoms with Gasteiger partial charge in [0.1, 0.15) is 5.01 Å². The number of sulfonamides is 1. The van der Waals surface area contributed by atoms with Gasteiger partial charge in [0.05, 0.1) is 23.4 Å². The molecular weight excluding hydrogens is 350 g/mol. The molecule has 2 aliphatic rings. The topological polar surface area (TPSA) is 90.8 Å². The second kappa shape index (κ2) is 6.05. The zero-order valence-corrected chi connectivity index (χ0v) is 15.8. The van der Waals surface area contributed by atoms with Crippen LogP contribution < -0.4 is 0 Å². The fourth-order valence-corrected chi connectivity index (χ4v) is 5.91. The molecule has 7 nitrogen and oxygen atoms in total. The first-order chi connectivity index (χ1) is 11.2. The molecule has 3 rings (SSSR count). The van der Waals surface area contributed by atoms with Crippen LogP contribution in [-0.2, 0) is 21.4 Å². The highest BCUT2D eigenvalue weighted by atomic mass is 32.2. The lowest BCUT2D eigenvalue weighted by molar-refractivity contribution is -0.148. The average Bonchev–Trinajstić information content (AvgIpc) is 3.11. The zero-order valence-electron chi connectivity index (χ0n) is 14.2. The molecule has 24 heavy (non-hydrogen) atoms. The summed E-state index contributed by atoms with van der Waals surface area (Å²) >= 11 is 1.64. The summed E-state index contributed by atoms with van der Waals surface area (Å²) in [6.45, 7) is 7.58. The van der Waals surface area contributed by atoms with Gasteiger partial charge in [-0.1, -0.05) is 0 Å². The van der Waals surface area contributed by atoms with Crippen molar-refractivity contribution in [1.29, 1.82) is 0 Å². The fourth-order valence-electron chi connectivity index (χ4n) is 3.74. The van der Waals surface area contributed by atoms with Crippen LogP contribution in [-0.4, -0.2) is 65.6 Å². The number of aryl methyl sites for hydroxylation is 2. The van der Waals surface area contributed by atoms with E-state index in [4.69, 9.17) is 0 Å². The van der Waals surface area contributed by atoms with Crippen LogP contribution in [0.2, 0.25) is 0 Å². The van der Waals surface area contributed by atoms with Crippen LogP contribution in [0.25, 0.3) is 0 Å². The largest absolute Gasteiger partial charge is 0.481 e. The first kappa shape index (κ1) is 17.8. The SMILES string of the molecule is CCS(=O)(=O)N1C[C@@H]2CN(Cc3nc(C)c(C)s3)C[C@]2(C(=O)O)C1. The van der Waals surface area contributed by atoms with Gasteiger partial charge in [-0.25, -0.2) is 17.7 Å². The Kier molecular flexibility index (Phi) is 4.48. The molecule has 3 heterocycles. The highest BCUT2D eigenvalue weighted by Gasteiger charge is 2.59. The quantitative estimate of drug-likeness (QED) is 0.826. The Bertz CT molecular complexity index is 741. The summed E-state index contributed by atoms with van der Waals surface area (Å²) in [5.41, 5.74) is 0.0198. The normalized spacial score (nSPS) is 28.4. The first-order valence-electron chi connectivity index (χ1n) is 8.04. The second-order valence-electron chi connectivity index (χ2n) is 6.77. The van der Waals surface area contributed by atoms with E-state index in [9.17, 15) is 18.3 Å². The van der Waals surface area contributed by atoms with Crippen molar-refractivity contribution in [2.45, 2.75) is 27.3 Å². The first-order valence-corrected chi connectivity index (χ1v) is 10.5. The van der Waals surface area contributed by atoms with E-state index in [1.165, 1.54) is 9.18 Å². The number of rotatable bonds is 5. The molecule has 0 radical (unpaired) electrons. The molecule has 0 saturated carbocycles. The van der Waals surface area contributed by atoms with Gasteiger partial charge in [-0.3, -0.25) is 9.69 Å². The molecular formula is C15H23N3O4S2. The lowest BCUT2D eigenvalue weighted by Gasteiger charge is -2.24. The third kappa shape index (κ3) is 2.87. The Morgan fingerprint density at radius 1 is 1.38 bits per heavy atom. The molecule has 0 aromatic carbocycles. The molecule has 0 spiro atoms. The number of aromatic nitrogens is 1. The van der Waals surface area contributed by atoms with Gasteiger partial charge >= 0.3 is 5.97 Å². The lowest BCUT2D eigenvalue weighted by atomic mass is 9.81. The van der Waals surface area contributed by atoms with Crippen molar-refractivity contribution in [3.63, 3.8) is 0 Å². The van der Waals surface area contributed by atoms with E-state index in [2.05, 4.69) is 9.88 Å². The Labute approximate surface area is 146 Å². The van der Waals surface area contributed by atoms with Crippen LogP contribution in [0.5, 0.6) is 0 Å². The van der Waals surface area contributed by atoms with E-state index in [0.717, 1.165) is 10.7 Å². The number of carboxylic acid groups (broad SMARTS) is 1. The number of hydrogen-bond donors (Lipinski definition) is 1. The molecule has 0 unspecified atom stereocenters. The Hall–Kier alpha value is -1.03. The molecule has 1 aromatic heterocycles. The summed E-state index contributed by atoms with van der Waals surface area (Å²) in [6.07, 6.45) is 0. The van der Waals surface area contributed by atoms with Crippen LogP contribution in [0.4, 0.5) is 0 Å². The number of thiazole rings is 1. The van der Waals surface area contributed by atoms with Crippen molar-refractivity contribution in [2.24, 2.45) is 11.3 Å². The Morgan fingerprint density at radius 3 is 2.58 bits per heavy atom. The van der Waals surface area contributed by atoms with Gasteiger partial charge in [-0.05, 0) is 20.8 Å². The number of likely N-dealkylation sites (tertiary alicyclic amines) is 1. The monoisotopic (exact) mass is 373 g/mol. The van der Waals surface area contributed by atoms with Crippen molar-refractivity contribution in [2.75, 3.05) is 31.9 Å². The number of hydrogen-bond acceptors (Lipinski definition) is 6. The summed E-state index contributed by atoms with van der Waals surface area (Å²) in [5, 5.41) is 10.8. The van der Waals surface area contributed by atoms with E-state index in [1.807, 2.05) is 13.8 Å². The lowest BCUT2D eigenvalue weighted by Crippen LogP contribution is -2.42. The minimum Gasteiger partial charge on any atom is -0.481 e. The van der Waals surface area contributed by atoms with Crippen molar-refractivity contribution in [1.82, 2.24) is 14.2 Å². The average molecular weight is 374 g/mol. The van der Waals surface area contributed by atoms with E-state index < -0.39 is 21.4 Å². The molecule has 2 fully saturated rings. The van der Waals surface area contributed by atoms with Crippen molar-refractivity contribution in [3.05, 3.63) is 15.6 Å².